The molecular weight excluding hydrogens is 560 g/mol. The Kier molecular flexibility index (Phi) is 5.44. The lowest BCUT2D eigenvalue weighted by atomic mass is 9.85. The van der Waals surface area contributed by atoms with Crippen LogP contribution in [-0.4, -0.2) is 0 Å². The van der Waals surface area contributed by atoms with Gasteiger partial charge in [0.15, 0.2) is 0 Å². The lowest BCUT2D eigenvalue weighted by Crippen LogP contribution is -2.31. The summed E-state index contributed by atoms with van der Waals surface area (Å²) >= 11 is 0. The first-order chi connectivity index (χ1) is 22.8. The summed E-state index contributed by atoms with van der Waals surface area (Å²) in [6.07, 6.45) is 6.93. The molecule has 216 valence electrons. The van der Waals surface area contributed by atoms with E-state index in [0.717, 1.165) is 56.7 Å². The van der Waals surface area contributed by atoms with Crippen molar-refractivity contribution in [2.75, 3.05) is 0 Å². The molecule has 2 heteroatoms. The zero-order chi connectivity index (χ0) is 30.2. The highest BCUT2D eigenvalue weighted by atomic mass is 16.3. The molecule has 0 N–H and O–H groups in total. The molecule has 2 aromatic heterocycles. The molecule has 0 aliphatic heterocycles. The molecule has 46 heavy (non-hydrogen) atoms. The van der Waals surface area contributed by atoms with Gasteiger partial charge in [-0.2, -0.15) is 0 Å². The molecule has 0 bridgehead atoms. The Labute approximate surface area is 265 Å². The maximum absolute atomic E-state index is 6.58. The van der Waals surface area contributed by atoms with Crippen LogP contribution in [-0.2, 0) is 0 Å². The van der Waals surface area contributed by atoms with Gasteiger partial charge in [-0.1, -0.05) is 121 Å². The number of fused-ring (bicyclic) bond motifs is 8. The fraction of sp³-hybridized carbons (Fsp3) is 0.0455. The van der Waals surface area contributed by atoms with Crippen LogP contribution in [0.4, 0.5) is 0 Å². The third-order valence-electron chi connectivity index (χ3n) is 9.70. The number of hydrogen-bond donors (Lipinski definition) is 0. The summed E-state index contributed by atoms with van der Waals surface area (Å²) in [5.74, 6) is 0. The molecule has 0 unspecified atom stereocenters. The molecule has 9 aromatic rings. The molecular formula is C44H28O2. The molecule has 2 nitrogen and oxygen atoms in total. The minimum atomic E-state index is 0.880. The van der Waals surface area contributed by atoms with Gasteiger partial charge in [-0.25, -0.2) is 0 Å². The molecule has 0 fully saturated rings. The minimum Gasteiger partial charge on any atom is -0.456 e. The highest BCUT2D eigenvalue weighted by Gasteiger charge is 2.21. The van der Waals surface area contributed by atoms with Gasteiger partial charge in [0.2, 0.25) is 0 Å². The molecule has 7 aromatic carbocycles. The Morgan fingerprint density at radius 1 is 0.370 bits per heavy atom. The third-order valence-corrected chi connectivity index (χ3v) is 9.70. The van der Waals surface area contributed by atoms with Crippen molar-refractivity contribution in [2.24, 2.45) is 0 Å². The predicted octanol–water partition coefficient (Wildman–Crippen LogP) is 11.0. The average Bonchev–Trinajstić information content (AvgIpc) is 3.67. The van der Waals surface area contributed by atoms with E-state index in [2.05, 4.69) is 133 Å². The van der Waals surface area contributed by atoms with E-state index in [1.165, 1.54) is 54.6 Å². The first-order valence-electron chi connectivity index (χ1n) is 16.0. The van der Waals surface area contributed by atoms with E-state index in [4.69, 9.17) is 8.83 Å². The van der Waals surface area contributed by atoms with Gasteiger partial charge in [-0.15, -0.1) is 0 Å². The monoisotopic (exact) mass is 588 g/mol. The summed E-state index contributed by atoms with van der Waals surface area (Å²) in [6.45, 7) is 0. The van der Waals surface area contributed by atoms with Gasteiger partial charge < -0.3 is 8.83 Å². The van der Waals surface area contributed by atoms with Crippen LogP contribution in [0.5, 0.6) is 0 Å². The summed E-state index contributed by atoms with van der Waals surface area (Å²) in [4.78, 5) is 0. The van der Waals surface area contributed by atoms with Gasteiger partial charge in [0.05, 0.1) is 0 Å². The quantitative estimate of drug-likeness (QED) is 0.205. The van der Waals surface area contributed by atoms with Crippen LogP contribution < -0.4 is 10.4 Å². The maximum Gasteiger partial charge on any atom is 0.136 e. The average molecular weight is 589 g/mol. The summed E-state index contributed by atoms with van der Waals surface area (Å²) in [5, 5.41) is 9.54. The van der Waals surface area contributed by atoms with E-state index in [0.29, 0.717) is 0 Å². The molecule has 0 spiro atoms. The van der Waals surface area contributed by atoms with Crippen molar-refractivity contribution >= 4 is 66.8 Å². The molecule has 1 aliphatic rings. The Morgan fingerprint density at radius 2 is 0.935 bits per heavy atom. The normalized spacial score (nSPS) is 13.0. The van der Waals surface area contributed by atoms with Gasteiger partial charge in [0.1, 0.15) is 22.3 Å². The number of hydrogen-bond acceptors (Lipinski definition) is 2. The van der Waals surface area contributed by atoms with Crippen LogP contribution in [0.3, 0.4) is 0 Å². The van der Waals surface area contributed by atoms with Crippen LogP contribution >= 0.6 is 0 Å². The van der Waals surface area contributed by atoms with Crippen molar-refractivity contribution in [3.05, 3.63) is 144 Å². The van der Waals surface area contributed by atoms with Crippen molar-refractivity contribution in [1.82, 2.24) is 0 Å². The van der Waals surface area contributed by atoms with E-state index < -0.39 is 0 Å². The van der Waals surface area contributed by atoms with Gasteiger partial charge in [0, 0.05) is 21.5 Å². The second-order valence-corrected chi connectivity index (χ2v) is 12.3. The predicted molar refractivity (Wildman–Crippen MR) is 192 cm³/mol. The van der Waals surface area contributed by atoms with Crippen LogP contribution in [0.2, 0.25) is 0 Å². The Balaban J connectivity index is 1.26. The van der Waals surface area contributed by atoms with E-state index in [1.807, 2.05) is 12.1 Å². The van der Waals surface area contributed by atoms with Crippen molar-refractivity contribution in [2.45, 2.75) is 12.8 Å². The Morgan fingerprint density at radius 3 is 1.74 bits per heavy atom. The van der Waals surface area contributed by atoms with Gasteiger partial charge in [-0.05, 0) is 91.7 Å². The number of rotatable bonds is 3. The van der Waals surface area contributed by atoms with Crippen LogP contribution in [0.1, 0.15) is 12.8 Å². The van der Waals surface area contributed by atoms with Gasteiger partial charge in [0.25, 0.3) is 0 Å². The molecule has 0 saturated heterocycles. The number of benzene rings is 7. The second kappa shape index (κ2) is 9.82. The first-order valence-corrected chi connectivity index (χ1v) is 16.0. The smallest absolute Gasteiger partial charge is 0.136 e. The van der Waals surface area contributed by atoms with Gasteiger partial charge in [-0.3, -0.25) is 0 Å². The zero-order valence-electron chi connectivity index (χ0n) is 25.1. The van der Waals surface area contributed by atoms with E-state index in [-0.39, 0.29) is 0 Å². The SMILES string of the molecule is C1=c2c(-c3ccc(-c4ccccc4)cc3)c3ccccc3c(-c3cccc4oc5cc6c(cc5c34)oc3ccccc36)c2=CCC1. The minimum absolute atomic E-state index is 0.880. The molecule has 0 saturated carbocycles. The molecule has 0 atom stereocenters. The molecule has 0 radical (unpaired) electrons. The highest BCUT2D eigenvalue weighted by Crippen LogP contribution is 2.42. The summed E-state index contributed by atoms with van der Waals surface area (Å²) in [7, 11) is 0. The molecule has 2 heterocycles. The van der Waals surface area contributed by atoms with E-state index in [9.17, 15) is 0 Å². The van der Waals surface area contributed by atoms with Crippen molar-refractivity contribution < 1.29 is 8.83 Å². The van der Waals surface area contributed by atoms with Crippen molar-refractivity contribution in [1.29, 1.82) is 0 Å². The number of para-hydroxylation sites is 1. The number of furan rings is 2. The first kappa shape index (κ1) is 25.5. The van der Waals surface area contributed by atoms with E-state index in [1.54, 1.807) is 0 Å². The lowest BCUT2D eigenvalue weighted by molar-refractivity contribution is 0.664. The van der Waals surface area contributed by atoms with Crippen molar-refractivity contribution in [3.8, 4) is 33.4 Å². The maximum atomic E-state index is 6.58. The molecule has 1 aliphatic carbocycles. The summed E-state index contributed by atoms with van der Waals surface area (Å²) in [5.41, 5.74) is 11.0. The highest BCUT2D eigenvalue weighted by molar-refractivity contribution is 6.20. The van der Waals surface area contributed by atoms with Crippen LogP contribution in [0.15, 0.2) is 142 Å². The lowest BCUT2D eigenvalue weighted by Gasteiger charge is -2.18. The fourth-order valence-corrected chi connectivity index (χ4v) is 7.67. The Hall–Kier alpha value is -5.86. The largest absolute Gasteiger partial charge is 0.456 e. The summed E-state index contributed by atoms with van der Waals surface area (Å²) in [6, 6.07) is 47.6. The molecule has 10 rings (SSSR count). The van der Waals surface area contributed by atoms with Crippen LogP contribution in [0.25, 0.3) is 100 Å². The standard InChI is InChI=1S/C44H28O2/c1-2-11-27(12-3-1)28-21-23-29(24-22-28)42-31-14-4-6-16-33(31)43(34-17-7-5-15-32(34)42)35-18-10-20-39-44(35)37-26-40-36(25-41(37)46-39)30-13-8-9-19-38(30)45-40/h1-4,6,8-26H,5,7H2. The van der Waals surface area contributed by atoms with Gasteiger partial charge >= 0.3 is 0 Å². The topological polar surface area (TPSA) is 26.3 Å². The third kappa shape index (κ3) is 3.71. The van der Waals surface area contributed by atoms with E-state index >= 15 is 0 Å². The second-order valence-electron chi connectivity index (χ2n) is 12.3. The van der Waals surface area contributed by atoms with Crippen molar-refractivity contribution in [3.63, 3.8) is 0 Å². The zero-order valence-corrected chi connectivity index (χ0v) is 25.1. The summed E-state index contributed by atoms with van der Waals surface area (Å²) < 4.78 is 12.9. The molecule has 0 amide bonds. The fourth-order valence-electron chi connectivity index (χ4n) is 7.67. The van der Waals surface area contributed by atoms with Crippen LogP contribution in [0, 0.1) is 0 Å². The Bertz CT molecular complexity index is 2780.